The molecule has 266 valence electrons. The maximum atomic E-state index is 13.9. The number of ether oxygens (including phenoxy) is 1. The topological polar surface area (TPSA) is 146 Å². The van der Waals surface area contributed by atoms with Crippen LogP contribution in [0.15, 0.2) is 45.8 Å². The SMILES string of the molecule is CC[C@@H]1C[C@H]([N+](CC2=CC(C(F)(F)F)CC(C(F)(F)F)=C2)=C(N)NN=NC)c2nc(C(F)(F)F)ccc2N1C(=O)OCC(C)(C)C(=O)O. The number of aliphatic carboxylic acids is 1. The molecule has 1 amide bonds. The molecule has 1 aliphatic carbocycles. The normalized spacial score (nSPS) is 21.3. The number of guanidine groups is 1. The minimum Gasteiger partial charge on any atom is -0.481 e. The lowest BCUT2D eigenvalue weighted by atomic mass is 9.88. The maximum absolute atomic E-state index is 13.9. The fourth-order valence-corrected chi connectivity index (χ4v) is 5.11. The molecule has 2 aliphatic rings. The molecule has 0 radical (unpaired) electrons. The Hall–Kier alpha value is -4.39. The number of hydrogen-bond acceptors (Lipinski definition) is 6. The molecule has 1 unspecified atom stereocenters. The van der Waals surface area contributed by atoms with Gasteiger partial charge in [0.15, 0.2) is 0 Å². The van der Waals surface area contributed by atoms with Crippen molar-refractivity contribution in [2.75, 3.05) is 25.1 Å². The number of aromatic nitrogens is 1. The van der Waals surface area contributed by atoms with E-state index in [4.69, 9.17) is 10.5 Å². The fraction of sp³-hybridized carbons (Fsp3) is 0.571. The quantitative estimate of drug-likeness (QED) is 0.0721. The van der Waals surface area contributed by atoms with Crippen molar-refractivity contribution in [3.63, 3.8) is 0 Å². The molecular weight excluding hydrogens is 669 g/mol. The third-order valence-corrected chi connectivity index (χ3v) is 7.73. The van der Waals surface area contributed by atoms with E-state index in [1.54, 1.807) is 6.92 Å². The van der Waals surface area contributed by atoms with Crippen LogP contribution in [0.5, 0.6) is 0 Å². The highest BCUT2D eigenvalue weighted by Gasteiger charge is 2.47. The zero-order valence-electron chi connectivity index (χ0n) is 26.0. The zero-order chi connectivity index (χ0) is 36.4. The Morgan fingerprint density at radius 3 is 2.29 bits per heavy atom. The van der Waals surface area contributed by atoms with Gasteiger partial charge in [0.25, 0.3) is 0 Å². The van der Waals surface area contributed by atoms with Gasteiger partial charge in [0, 0.05) is 18.0 Å². The Balaban J connectivity index is 2.24. The molecule has 3 atom stereocenters. The first-order valence-corrected chi connectivity index (χ1v) is 14.3. The van der Waals surface area contributed by atoms with Crippen molar-refractivity contribution in [3.05, 3.63) is 46.8 Å². The molecule has 3 rings (SSSR count). The van der Waals surface area contributed by atoms with Crippen LogP contribution in [0, 0.1) is 11.3 Å². The van der Waals surface area contributed by atoms with Gasteiger partial charge in [0.05, 0.1) is 30.6 Å². The molecule has 0 saturated heterocycles. The smallest absolute Gasteiger partial charge is 0.433 e. The first-order chi connectivity index (χ1) is 22.0. The van der Waals surface area contributed by atoms with Gasteiger partial charge < -0.3 is 9.84 Å². The molecule has 48 heavy (non-hydrogen) atoms. The maximum Gasteiger partial charge on any atom is 0.433 e. The highest BCUT2D eigenvalue weighted by atomic mass is 19.4. The van der Waals surface area contributed by atoms with Crippen molar-refractivity contribution in [1.29, 1.82) is 0 Å². The van der Waals surface area contributed by atoms with E-state index in [1.165, 1.54) is 20.9 Å². The van der Waals surface area contributed by atoms with Crippen LogP contribution >= 0.6 is 0 Å². The van der Waals surface area contributed by atoms with E-state index >= 15 is 0 Å². The van der Waals surface area contributed by atoms with Crippen LogP contribution in [0.4, 0.5) is 50.0 Å². The van der Waals surface area contributed by atoms with Crippen LogP contribution in [0.1, 0.15) is 57.5 Å². The Morgan fingerprint density at radius 1 is 1.12 bits per heavy atom. The van der Waals surface area contributed by atoms with E-state index in [9.17, 15) is 54.2 Å². The van der Waals surface area contributed by atoms with Crippen LogP contribution in [0.3, 0.4) is 0 Å². The van der Waals surface area contributed by atoms with Crippen molar-refractivity contribution < 1.29 is 63.5 Å². The first-order valence-electron chi connectivity index (χ1n) is 14.3. The number of carboxylic acid groups (broad SMARTS) is 1. The Labute approximate surface area is 268 Å². The number of anilines is 1. The van der Waals surface area contributed by atoms with Gasteiger partial charge in [-0.3, -0.25) is 20.0 Å². The van der Waals surface area contributed by atoms with E-state index in [0.717, 1.165) is 15.5 Å². The number of amides is 1. The van der Waals surface area contributed by atoms with Gasteiger partial charge in [-0.05, 0) is 55.7 Å². The largest absolute Gasteiger partial charge is 0.481 e. The molecule has 20 heteroatoms. The number of alkyl halides is 9. The van der Waals surface area contributed by atoms with Gasteiger partial charge in [-0.25, -0.2) is 9.78 Å². The van der Waals surface area contributed by atoms with E-state index in [-0.39, 0.29) is 18.5 Å². The van der Waals surface area contributed by atoms with Crippen LogP contribution < -0.4 is 16.1 Å². The van der Waals surface area contributed by atoms with Gasteiger partial charge in [0.2, 0.25) is 0 Å². The summed E-state index contributed by atoms with van der Waals surface area (Å²) in [6.07, 6.45) is -16.8. The summed E-state index contributed by atoms with van der Waals surface area (Å²) in [6, 6.07) is -0.805. The predicted molar refractivity (Wildman–Crippen MR) is 151 cm³/mol. The number of rotatable bonds is 8. The standard InChI is InChI=1S/C28H32F9N7O4/c1-5-17-11-19(21-18(6-7-20(40-21)28(35,36)37)44(17)24(47)48-13-25(2,3)22(45)46)43(23(38)41-42-39-4)12-14-8-15(26(29,30)31)10-16(9-14)27(32,33)34/h6-9,15,17,19H,5,10-13H2,1-4H3,(H3,38,39,41,45,46)/p+1/t15?,17-,19+/m1/s1. The number of hydrogen-bond donors (Lipinski definition) is 3. The Morgan fingerprint density at radius 2 is 1.77 bits per heavy atom. The minimum absolute atomic E-state index is 0.112. The van der Waals surface area contributed by atoms with E-state index in [1.807, 2.05) is 0 Å². The number of carbonyl (C=O) groups is 2. The van der Waals surface area contributed by atoms with Gasteiger partial charge >= 0.3 is 36.6 Å². The summed E-state index contributed by atoms with van der Waals surface area (Å²) < 4.78 is 130. The van der Waals surface area contributed by atoms with E-state index < -0.39 is 102 Å². The molecule has 0 fully saturated rings. The van der Waals surface area contributed by atoms with E-state index in [0.29, 0.717) is 18.2 Å². The first kappa shape index (κ1) is 38.1. The molecule has 1 aromatic heterocycles. The molecule has 4 N–H and O–H groups in total. The average molecular weight is 703 g/mol. The van der Waals surface area contributed by atoms with Gasteiger partial charge in [0.1, 0.15) is 24.0 Å². The number of pyridine rings is 1. The number of nitrogens with zero attached hydrogens (tertiary/aromatic N) is 5. The molecule has 0 aromatic carbocycles. The molecular formula is C28H33F9N7O4+. The lowest BCUT2D eigenvalue weighted by molar-refractivity contribution is -0.570. The lowest BCUT2D eigenvalue weighted by Gasteiger charge is -2.40. The summed E-state index contributed by atoms with van der Waals surface area (Å²) in [5, 5.41) is 16.3. The Kier molecular flexibility index (Phi) is 11.1. The second kappa shape index (κ2) is 14.0. The van der Waals surface area contributed by atoms with Crippen molar-refractivity contribution in [2.24, 2.45) is 27.4 Å². The van der Waals surface area contributed by atoms with Crippen molar-refractivity contribution >= 4 is 23.7 Å². The Bertz CT molecular complexity index is 1520. The fourth-order valence-electron chi connectivity index (χ4n) is 5.11. The molecule has 2 heterocycles. The number of halogens is 9. The highest BCUT2D eigenvalue weighted by Crippen LogP contribution is 2.44. The minimum atomic E-state index is -5.12. The molecule has 0 bridgehead atoms. The van der Waals surface area contributed by atoms with Crippen LogP contribution in [-0.2, 0) is 15.7 Å². The van der Waals surface area contributed by atoms with Crippen LogP contribution in [0.2, 0.25) is 0 Å². The number of carboxylic acids is 1. The highest BCUT2D eigenvalue weighted by molar-refractivity contribution is 5.90. The third-order valence-electron chi connectivity index (χ3n) is 7.73. The summed E-state index contributed by atoms with van der Waals surface area (Å²) in [7, 11) is 1.20. The van der Waals surface area contributed by atoms with Gasteiger partial charge in [-0.1, -0.05) is 13.0 Å². The molecule has 0 spiro atoms. The number of allylic oxidation sites excluding steroid dienone is 2. The predicted octanol–water partition coefficient (Wildman–Crippen LogP) is 6.29. The summed E-state index contributed by atoms with van der Waals surface area (Å²) in [4.78, 5) is 29.6. The number of nitrogens with two attached hydrogens (primary N) is 1. The third kappa shape index (κ3) is 8.74. The van der Waals surface area contributed by atoms with Crippen molar-refractivity contribution in [2.45, 2.75) is 70.6 Å². The monoisotopic (exact) mass is 702 g/mol. The molecule has 1 aliphatic heterocycles. The molecule has 11 nitrogen and oxygen atoms in total. The molecule has 0 saturated carbocycles. The number of carbonyl (C=O) groups excluding carboxylic acids is 1. The summed E-state index contributed by atoms with van der Waals surface area (Å²) in [5.41, 5.74) is 2.77. The van der Waals surface area contributed by atoms with Crippen LogP contribution in [0.25, 0.3) is 0 Å². The zero-order valence-corrected chi connectivity index (χ0v) is 26.0. The summed E-state index contributed by atoms with van der Waals surface area (Å²) in [6.45, 7) is 2.73. The lowest BCUT2D eigenvalue weighted by Crippen LogP contribution is -2.50. The van der Waals surface area contributed by atoms with Crippen molar-refractivity contribution in [1.82, 2.24) is 10.4 Å². The van der Waals surface area contributed by atoms with Gasteiger partial charge in [-0.2, -0.15) is 44.6 Å². The van der Waals surface area contributed by atoms with Gasteiger partial charge in [-0.15, -0.1) is 5.43 Å². The van der Waals surface area contributed by atoms with Crippen molar-refractivity contribution in [3.8, 4) is 0 Å². The number of fused-ring (bicyclic) bond motifs is 1. The molecule has 1 aromatic rings. The van der Waals surface area contributed by atoms with Crippen LogP contribution in [-0.4, -0.2) is 71.3 Å². The second-order valence-electron chi connectivity index (χ2n) is 11.7. The summed E-state index contributed by atoms with van der Waals surface area (Å²) in [5.74, 6) is -4.34. The number of nitrogens with one attached hydrogen (secondary N) is 1. The second-order valence-corrected chi connectivity index (χ2v) is 11.7. The summed E-state index contributed by atoms with van der Waals surface area (Å²) >= 11 is 0. The van der Waals surface area contributed by atoms with E-state index in [2.05, 4.69) is 20.7 Å². The average Bonchev–Trinajstić information content (AvgIpc) is 2.98.